The Morgan fingerprint density at radius 2 is 1.93 bits per heavy atom. The molecule has 1 fully saturated rings. The number of carbonyl (C=O) groups excluding carboxylic acids is 1. The van der Waals surface area contributed by atoms with Crippen LogP contribution in [-0.4, -0.2) is 31.9 Å². The zero-order valence-corrected chi connectivity index (χ0v) is 17.4. The second-order valence-electron chi connectivity index (χ2n) is 8.05. The van der Waals surface area contributed by atoms with E-state index in [4.69, 9.17) is 0 Å². The first-order chi connectivity index (χ1) is 12.9. The fraction of sp³-hybridized carbons (Fsp3) is 0.600. The van der Waals surface area contributed by atoms with E-state index < -0.39 is 0 Å². The normalized spacial score (nSPS) is 15.3. The van der Waals surface area contributed by atoms with Gasteiger partial charge < -0.3 is 5.32 Å². The lowest BCUT2D eigenvalue weighted by atomic mass is 9.94. The fourth-order valence-electron chi connectivity index (χ4n) is 3.14. The van der Waals surface area contributed by atoms with Crippen LogP contribution in [0.5, 0.6) is 0 Å². The van der Waals surface area contributed by atoms with Crippen LogP contribution in [0, 0.1) is 11.8 Å². The van der Waals surface area contributed by atoms with Gasteiger partial charge in [-0.2, -0.15) is 0 Å². The molecule has 1 aromatic carbocycles. The molecule has 0 saturated heterocycles. The molecule has 1 atom stereocenters. The first-order valence-corrected chi connectivity index (χ1v) is 10.7. The van der Waals surface area contributed by atoms with E-state index in [0.717, 1.165) is 30.0 Å². The lowest BCUT2D eigenvalue weighted by Crippen LogP contribution is -2.33. The molecule has 27 heavy (non-hydrogen) atoms. The Bertz CT molecular complexity index is 752. The lowest BCUT2D eigenvalue weighted by molar-refractivity contribution is -0.119. The maximum Gasteiger partial charge on any atom is 0.230 e. The smallest absolute Gasteiger partial charge is 0.230 e. The van der Waals surface area contributed by atoms with Gasteiger partial charge in [-0.1, -0.05) is 63.7 Å². The average molecular weight is 388 g/mol. The minimum absolute atomic E-state index is 0.00521. The second-order valence-corrected chi connectivity index (χ2v) is 9.00. The SMILES string of the molecule is CC(C)Cc1ccc(C(NC(=O)CSc2nnnn2C2CC2)C(C)C)cc1. The lowest BCUT2D eigenvalue weighted by Gasteiger charge is -2.23. The second kappa shape index (κ2) is 8.87. The molecule has 1 unspecified atom stereocenters. The number of rotatable bonds is 9. The number of benzene rings is 1. The van der Waals surface area contributed by atoms with Crippen molar-refractivity contribution in [2.75, 3.05) is 5.75 Å². The molecule has 1 heterocycles. The summed E-state index contributed by atoms with van der Waals surface area (Å²) in [7, 11) is 0. The van der Waals surface area contributed by atoms with Crippen molar-refractivity contribution in [1.82, 2.24) is 25.5 Å². The largest absolute Gasteiger partial charge is 0.348 e. The standard InChI is InChI=1S/C20H29N5OS/c1-13(2)11-15-5-7-16(8-6-15)19(14(3)4)21-18(26)12-27-20-22-23-24-25(20)17-9-10-17/h5-8,13-14,17,19H,9-12H2,1-4H3,(H,21,26). The number of tetrazole rings is 1. The van der Waals surface area contributed by atoms with Crippen LogP contribution < -0.4 is 5.32 Å². The third kappa shape index (κ3) is 5.54. The number of nitrogens with zero attached hydrogens (tertiary/aromatic N) is 4. The summed E-state index contributed by atoms with van der Waals surface area (Å²) in [4.78, 5) is 12.5. The highest BCUT2D eigenvalue weighted by Crippen LogP contribution is 2.36. The molecule has 0 aliphatic heterocycles. The van der Waals surface area contributed by atoms with Gasteiger partial charge in [0.1, 0.15) is 0 Å². The van der Waals surface area contributed by atoms with Crippen molar-refractivity contribution >= 4 is 17.7 Å². The highest BCUT2D eigenvalue weighted by molar-refractivity contribution is 7.99. The molecule has 7 heteroatoms. The molecule has 146 valence electrons. The van der Waals surface area contributed by atoms with Gasteiger partial charge in [0.25, 0.3) is 0 Å². The van der Waals surface area contributed by atoms with E-state index in [1.807, 2.05) is 4.68 Å². The van der Waals surface area contributed by atoms with Crippen LogP contribution in [0.15, 0.2) is 29.4 Å². The maximum atomic E-state index is 12.5. The quantitative estimate of drug-likeness (QED) is 0.662. The van der Waals surface area contributed by atoms with Crippen molar-refractivity contribution in [3.05, 3.63) is 35.4 Å². The van der Waals surface area contributed by atoms with Crippen LogP contribution in [-0.2, 0) is 11.2 Å². The van der Waals surface area contributed by atoms with Gasteiger partial charge in [0, 0.05) is 0 Å². The molecule has 3 rings (SSSR count). The van der Waals surface area contributed by atoms with Crippen LogP contribution >= 0.6 is 11.8 Å². The fourth-order valence-corrected chi connectivity index (χ4v) is 3.90. The third-order valence-corrected chi connectivity index (χ3v) is 5.59. The zero-order chi connectivity index (χ0) is 19.4. The highest BCUT2D eigenvalue weighted by Gasteiger charge is 2.28. The number of thioether (sulfide) groups is 1. The zero-order valence-electron chi connectivity index (χ0n) is 16.6. The Kier molecular flexibility index (Phi) is 6.52. The third-order valence-electron chi connectivity index (χ3n) is 4.65. The number of carbonyl (C=O) groups is 1. The molecule has 0 spiro atoms. The summed E-state index contributed by atoms with van der Waals surface area (Å²) in [5.74, 6) is 1.28. The minimum atomic E-state index is 0.00521. The minimum Gasteiger partial charge on any atom is -0.348 e. The van der Waals surface area contributed by atoms with Crippen LogP contribution in [0.3, 0.4) is 0 Å². The molecule has 1 amide bonds. The van der Waals surface area contributed by atoms with Gasteiger partial charge >= 0.3 is 0 Å². The Balaban J connectivity index is 1.58. The molecule has 1 saturated carbocycles. The maximum absolute atomic E-state index is 12.5. The first kappa shape index (κ1) is 19.9. The average Bonchev–Trinajstić information content (AvgIpc) is 3.36. The number of nitrogens with one attached hydrogen (secondary N) is 1. The van der Waals surface area contributed by atoms with Crippen molar-refractivity contribution in [2.24, 2.45) is 11.8 Å². The van der Waals surface area contributed by atoms with Crippen LogP contribution in [0.4, 0.5) is 0 Å². The van der Waals surface area contributed by atoms with Gasteiger partial charge in [-0.25, -0.2) is 4.68 Å². The van der Waals surface area contributed by atoms with Gasteiger partial charge in [0.05, 0.1) is 17.8 Å². The summed E-state index contributed by atoms with van der Waals surface area (Å²) < 4.78 is 1.84. The molecule has 2 aromatic rings. The Labute approximate surface area is 165 Å². The van der Waals surface area contributed by atoms with Crippen LogP contribution in [0.2, 0.25) is 0 Å². The van der Waals surface area contributed by atoms with Crippen LogP contribution in [0.25, 0.3) is 0 Å². The predicted octanol–water partition coefficient (Wildman–Crippen LogP) is 3.81. The van der Waals surface area contributed by atoms with Gasteiger partial charge in [-0.05, 0) is 52.7 Å². The predicted molar refractivity (Wildman–Crippen MR) is 108 cm³/mol. The van der Waals surface area contributed by atoms with E-state index in [9.17, 15) is 4.79 Å². The molecule has 1 aliphatic rings. The van der Waals surface area contributed by atoms with E-state index in [2.05, 4.69) is 72.8 Å². The summed E-state index contributed by atoms with van der Waals surface area (Å²) in [5.41, 5.74) is 2.49. The highest BCUT2D eigenvalue weighted by atomic mass is 32.2. The van der Waals surface area contributed by atoms with Crippen molar-refractivity contribution < 1.29 is 4.79 Å². The van der Waals surface area contributed by atoms with Gasteiger partial charge in [-0.3, -0.25) is 4.79 Å². The topological polar surface area (TPSA) is 72.7 Å². The first-order valence-electron chi connectivity index (χ1n) is 9.73. The van der Waals surface area contributed by atoms with Gasteiger partial charge in [0.2, 0.25) is 11.1 Å². The van der Waals surface area contributed by atoms with Gasteiger partial charge in [0.15, 0.2) is 0 Å². The molecule has 0 radical (unpaired) electrons. The summed E-state index contributed by atoms with van der Waals surface area (Å²) in [5, 5.41) is 15.7. The van der Waals surface area contributed by atoms with E-state index in [-0.39, 0.29) is 11.9 Å². The van der Waals surface area contributed by atoms with Crippen LogP contribution in [0.1, 0.15) is 63.7 Å². The van der Waals surface area contributed by atoms with Crippen molar-refractivity contribution in [1.29, 1.82) is 0 Å². The van der Waals surface area contributed by atoms with E-state index in [0.29, 0.717) is 23.6 Å². The molecular formula is C20H29N5OS. The Morgan fingerprint density at radius 1 is 1.22 bits per heavy atom. The molecule has 6 nitrogen and oxygen atoms in total. The molecule has 1 aromatic heterocycles. The van der Waals surface area contributed by atoms with E-state index >= 15 is 0 Å². The molecule has 1 N–H and O–H groups in total. The van der Waals surface area contributed by atoms with Crippen molar-refractivity contribution in [2.45, 2.75) is 64.2 Å². The molecule has 0 bridgehead atoms. The summed E-state index contributed by atoms with van der Waals surface area (Å²) in [6.07, 6.45) is 3.31. The monoisotopic (exact) mass is 387 g/mol. The summed E-state index contributed by atoms with van der Waals surface area (Å²) in [6.45, 7) is 8.71. The van der Waals surface area contributed by atoms with Gasteiger partial charge in [-0.15, -0.1) is 5.10 Å². The Morgan fingerprint density at radius 3 is 2.52 bits per heavy atom. The molecule has 1 aliphatic carbocycles. The summed E-state index contributed by atoms with van der Waals surface area (Å²) in [6, 6.07) is 9.06. The summed E-state index contributed by atoms with van der Waals surface area (Å²) >= 11 is 1.40. The number of hydrogen-bond donors (Lipinski definition) is 1. The Hall–Kier alpha value is -1.89. The van der Waals surface area contributed by atoms with E-state index in [1.54, 1.807) is 0 Å². The van der Waals surface area contributed by atoms with Crippen molar-refractivity contribution in [3.63, 3.8) is 0 Å². The number of aromatic nitrogens is 4. The van der Waals surface area contributed by atoms with Crippen molar-refractivity contribution in [3.8, 4) is 0 Å². The number of hydrogen-bond acceptors (Lipinski definition) is 5. The molecular weight excluding hydrogens is 358 g/mol. The van der Waals surface area contributed by atoms with E-state index in [1.165, 1.54) is 17.3 Å². The number of amides is 1.